The van der Waals surface area contributed by atoms with Crippen LogP contribution >= 0.6 is 11.6 Å². The minimum Gasteiger partial charge on any atom is -0.507 e. The number of phenolic OH excluding ortho intramolecular Hbond substituents is 3. The Labute approximate surface area is 137 Å². The lowest BCUT2D eigenvalue weighted by Crippen LogP contribution is -2.04. The predicted molar refractivity (Wildman–Crippen MR) is 86.2 cm³/mol. The highest BCUT2D eigenvalue weighted by atomic mass is 35.5. The Hall–Kier alpha value is -2.73. The molecule has 0 aliphatic heterocycles. The molecule has 0 aromatic heterocycles. The van der Waals surface area contributed by atoms with Gasteiger partial charge in [-0.1, -0.05) is 11.6 Å². The first kappa shape index (κ1) is 16.6. The number of rotatable bonds is 5. The Kier molecular flexibility index (Phi) is 5.08. The molecule has 23 heavy (non-hydrogen) atoms. The van der Waals surface area contributed by atoms with Crippen LogP contribution in [0.1, 0.15) is 15.9 Å². The third kappa shape index (κ3) is 3.92. The molecule has 0 bridgehead atoms. The van der Waals surface area contributed by atoms with Gasteiger partial charge in [-0.3, -0.25) is 9.79 Å². The zero-order valence-corrected chi connectivity index (χ0v) is 12.9. The van der Waals surface area contributed by atoms with Gasteiger partial charge < -0.3 is 20.1 Å². The van der Waals surface area contributed by atoms with Crippen LogP contribution in [0.15, 0.2) is 35.3 Å². The Morgan fingerprint density at radius 1 is 1.22 bits per heavy atom. The summed E-state index contributed by atoms with van der Waals surface area (Å²) in [7, 11) is 1.31. The van der Waals surface area contributed by atoms with Gasteiger partial charge in [-0.25, -0.2) is 0 Å². The maximum atomic E-state index is 12.1. The van der Waals surface area contributed by atoms with Gasteiger partial charge >= 0.3 is 0 Å². The van der Waals surface area contributed by atoms with Crippen molar-refractivity contribution in [3.63, 3.8) is 0 Å². The summed E-state index contributed by atoms with van der Waals surface area (Å²) >= 11 is 5.81. The van der Waals surface area contributed by atoms with Crippen molar-refractivity contribution in [2.75, 3.05) is 13.7 Å². The van der Waals surface area contributed by atoms with E-state index in [9.17, 15) is 20.1 Å². The largest absolute Gasteiger partial charge is 0.507 e. The van der Waals surface area contributed by atoms with E-state index < -0.39 is 17.3 Å². The topological polar surface area (TPSA) is 99.4 Å². The lowest BCUT2D eigenvalue weighted by atomic mass is 10.1. The average molecular weight is 336 g/mol. The number of carbonyl (C=O) groups is 1. The van der Waals surface area contributed by atoms with Gasteiger partial charge in [0.05, 0.1) is 7.11 Å². The molecule has 120 valence electrons. The molecule has 0 saturated carbocycles. The predicted octanol–water partition coefficient (Wildman–Crippen LogP) is 2.77. The molecular formula is C16H14ClNO5. The van der Waals surface area contributed by atoms with E-state index in [1.54, 1.807) is 0 Å². The first-order valence-corrected chi connectivity index (χ1v) is 6.91. The van der Waals surface area contributed by atoms with Gasteiger partial charge in [-0.2, -0.15) is 0 Å². The zero-order valence-electron chi connectivity index (χ0n) is 12.2. The van der Waals surface area contributed by atoms with E-state index in [-0.39, 0.29) is 23.6 Å². The number of halogens is 1. The van der Waals surface area contributed by atoms with Crippen LogP contribution in [0, 0.1) is 0 Å². The van der Waals surface area contributed by atoms with E-state index in [4.69, 9.17) is 16.3 Å². The van der Waals surface area contributed by atoms with E-state index >= 15 is 0 Å². The monoisotopic (exact) mass is 335 g/mol. The van der Waals surface area contributed by atoms with Crippen molar-refractivity contribution >= 4 is 23.6 Å². The molecule has 0 saturated heterocycles. The molecule has 0 aliphatic rings. The minimum atomic E-state index is -0.454. The van der Waals surface area contributed by atoms with Gasteiger partial charge in [0.1, 0.15) is 12.3 Å². The van der Waals surface area contributed by atoms with Crippen LogP contribution in [0.5, 0.6) is 23.0 Å². The van der Waals surface area contributed by atoms with Crippen LogP contribution in [0.4, 0.5) is 0 Å². The number of ketones is 1. The molecule has 2 aromatic rings. The number of aliphatic imine (C=N–C) groups is 1. The van der Waals surface area contributed by atoms with Crippen LogP contribution < -0.4 is 4.74 Å². The maximum absolute atomic E-state index is 12.1. The molecule has 0 radical (unpaired) electrons. The molecule has 0 fully saturated rings. The molecule has 3 N–H and O–H groups in total. The van der Waals surface area contributed by atoms with Crippen molar-refractivity contribution in [3.05, 3.63) is 46.5 Å². The van der Waals surface area contributed by atoms with Gasteiger partial charge in [0.2, 0.25) is 5.75 Å². The Morgan fingerprint density at radius 2 is 1.96 bits per heavy atom. The second-order valence-electron chi connectivity index (χ2n) is 4.64. The third-order valence-electron chi connectivity index (χ3n) is 3.05. The van der Waals surface area contributed by atoms with Crippen LogP contribution in [-0.4, -0.2) is 41.0 Å². The van der Waals surface area contributed by atoms with E-state index in [1.165, 1.54) is 37.6 Å². The molecule has 7 heteroatoms. The number of phenols is 3. The number of carbonyl (C=O) groups excluding carboxylic acids is 1. The number of benzene rings is 2. The molecule has 0 aliphatic carbocycles. The summed E-state index contributed by atoms with van der Waals surface area (Å²) < 4.78 is 4.87. The number of hydrogen-bond acceptors (Lipinski definition) is 6. The van der Waals surface area contributed by atoms with Crippen molar-refractivity contribution in [3.8, 4) is 23.0 Å². The van der Waals surface area contributed by atoms with E-state index in [1.807, 2.05) is 0 Å². The number of aromatic hydroxyl groups is 3. The van der Waals surface area contributed by atoms with Crippen LogP contribution in [0.3, 0.4) is 0 Å². The number of Topliss-reactive ketones (excluding diaryl/α,β-unsaturated/α-hetero) is 1. The van der Waals surface area contributed by atoms with Crippen molar-refractivity contribution in [1.29, 1.82) is 0 Å². The summed E-state index contributed by atoms with van der Waals surface area (Å²) in [6.45, 7) is -0.209. The lowest BCUT2D eigenvalue weighted by molar-refractivity contribution is 0.100. The Balaban J connectivity index is 2.15. The second kappa shape index (κ2) is 7.02. The SMILES string of the molecule is COc1cc(C(=O)CN=Cc2cc(Cl)ccc2O)cc(O)c1O. The molecule has 0 amide bonds. The fourth-order valence-corrected chi connectivity index (χ4v) is 2.04. The number of hydrogen-bond donors (Lipinski definition) is 3. The van der Waals surface area contributed by atoms with Gasteiger partial charge in [0.25, 0.3) is 0 Å². The number of nitrogens with zero attached hydrogens (tertiary/aromatic N) is 1. The third-order valence-corrected chi connectivity index (χ3v) is 3.29. The van der Waals surface area contributed by atoms with Crippen molar-refractivity contribution in [2.45, 2.75) is 0 Å². The summed E-state index contributed by atoms with van der Waals surface area (Å²) in [5.74, 6) is -1.30. The van der Waals surface area contributed by atoms with E-state index in [2.05, 4.69) is 4.99 Å². The summed E-state index contributed by atoms with van der Waals surface area (Å²) in [4.78, 5) is 16.0. The standard InChI is InChI=1S/C16H14ClNO5/c1-23-15-6-9(5-13(20)16(15)22)14(21)8-18-7-10-4-11(17)2-3-12(10)19/h2-7,19-20,22H,8H2,1H3. The summed E-state index contributed by atoms with van der Waals surface area (Å²) in [5.41, 5.74) is 0.529. The second-order valence-corrected chi connectivity index (χ2v) is 5.08. The molecule has 0 atom stereocenters. The van der Waals surface area contributed by atoms with Crippen molar-refractivity contribution in [2.24, 2.45) is 4.99 Å². The first-order chi connectivity index (χ1) is 10.9. The number of methoxy groups -OCH3 is 1. The normalized spacial score (nSPS) is 10.9. The van der Waals surface area contributed by atoms with Crippen LogP contribution in [0.2, 0.25) is 5.02 Å². The maximum Gasteiger partial charge on any atom is 0.200 e. The fraction of sp³-hybridized carbons (Fsp3) is 0.125. The highest BCUT2D eigenvalue weighted by molar-refractivity contribution is 6.30. The quantitative estimate of drug-likeness (QED) is 0.443. The minimum absolute atomic E-state index is 0.00505. The Morgan fingerprint density at radius 3 is 2.65 bits per heavy atom. The first-order valence-electron chi connectivity index (χ1n) is 6.54. The molecule has 0 unspecified atom stereocenters. The Bertz CT molecular complexity index is 773. The summed E-state index contributed by atoms with van der Waals surface area (Å²) in [6, 6.07) is 6.91. The molecular weight excluding hydrogens is 322 g/mol. The highest BCUT2D eigenvalue weighted by Gasteiger charge is 2.14. The number of ether oxygens (including phenoxy) is 1. The smallest absolute Gasteiger partial charge is 0.200 e. The van der Waals surface area contributed by atoms with Gasteiger partial charge in [0, 0.05) is 22.4 Å². The highest BCUT2D eigenvalue weighted by Crippen LogP contribution is 2.36. The van der Waals surface area contributed by atoms with Gasteiger partial charge in [-0.15, -0.1) is 0 Å². The molecule has 2 rings (SSSR count). The van der Waals surface area contributed by atoms with Gasteiger partial charge in [0.15, 0.2) is 17.3 Å². The fourth-order valence-electron chi connectivity index (χ4n) is 1.86. The van der Waals surface area contributed by atoms with E-state index in [0.29, 0.717) is 10.6 Å². The van der Waals surface area contributed by atoms with Crippen LogP contribution in [0.25, 0.3) is 0 Å². The van der Waals surface area contributed by atoms with Crippen molar-refractivity contribution < 1.29 is 24.9 Å². The van der Waals surface area contributed by atoms with E-state index in [0.717, 1.165) is 6.07 Å². The summed E-state index contributed by atoms with van der Waals surface area (Å²) in [5, 5.41) is 29.2. The lowest BCUT2D eigenvalue weighted by Gasteiger charge is -2.07. The molecule has 0 spiro atoms. The van der Waals surface area contributed by atoms with Gasteiger partial charge in [-0.05, 0) is 30.3 Å². The average Bonchev–Trinajstić information content (AvgIpc) is 2.53. The van der Waals surface area contributed by atoms with Crippen LogP contribution in [-0.2, 0) is 0 Å². The molecule has 0 heterocycles. The zero-order chi connectivity index (χ0) is 17.0. The molecule has 2 aromatic carbocycles. The molecule has 6 nitrogen and oxygen atoms in total. The van der Waals surface area contributed by atoms with Crippen molar-refractivity contribution in [1.82, 2.24) is 0 Å². The summed E-state index contributed by atoms with van der Waals surface area (Å²) in [6.07, 6.45) is 1.33.